The number of hydrogen-bond donors (Lipinski definition) is 3. The van der Waals surface area contributed by atoms with Gasteiger partial charge in [-0.15, -0.1) is 0 Å². The molecule has 0 aromatic heterocycles. The highest BCUT2D eigenvalue weighted by molar-refractivity contribution is 5.85. The second kappa shape index (κ2) is 5.32. The molecule has 0 aliphatic rings. The monoisotopic (exact) mass is 202 g/mol. The average molecular weight is 202 g/mol. The van der Waals surface area contributed by atoms with Gasteiger partial charge in [0, 0.05) is 12.6 Å². The Morgan fingerprint density at radius 1 is 1.43 bits per heavy atom. The van der Waals surface area contributed by atoms with Crippen LogP contribution < -0.4 is 10.6 Å². The first-order chi connectivity index (χ1) is 6.35. The number of aliphatic hydroxyl groups excluding tert-OH is 1. The van der Waals surface area contributed by atoms with Crippen LogP contribution in [0.1, 0.15) is 27.7 Å². The van der Waals surface area contributed by atoms with Crippen molar-refractivity contribution in [3.63, 3.8) is 0 Å². The summed E-state index contributed by atoms with van der Waals surface area (Å²) in [6.45, 7) is 7.51. The van der Waals surface area contributed by atoms with Crippen LogP contribution in [0.4, 0.5) is 0 Å². The molecule has 0 bridgehead atoms. The summed E-state index contributed by atoms with van der Waals surface area (Å²) in [7, 11) is 1.75. The first kappa shape index (κ1) is 13.4. The third kappa shape index (κ3) is 3.64. The largest absolute Gasteiger partial charge is 0.396 e. The van der Waals surface area contributed by atoms with E-state index < -0.39 is 5.54 Å². The summed E-state index contributed by atoms with van der Waals surface area (Å²) in [4.78, 5) is 11.7. The molecule has 0 aromatic rings. The first-order valence-electron chi connectivity index (χ1n) is 4.96. The molecule has 4 nitrogen and oxygen atoms in total. The molecule has 0 rings (SSSR count). The summed E-state index contributed by atoms with van der Waals surface area (Å²) in [5, 5.41) is 14.7. The Morgan fingerprint density at radius 2 is 1.93 bits per heavy atom. The van der Waals surface area contributed by atoms with E-state index in [9.17, 15) is 4.79 Å². The van der Waals surface area contributed by atoms with Gasteiger partial charge < -0.3 is 15.7 Å². The number of carbonyl (C=O) groups excluding carboxylic acids is 1. The lowest BCUT2D eigenvalue weighted by molar-refractivity contribution is -0.127. The van der Waals surface area contributed by atoms with Crippen LogP contribution in [-0.4, -0.2) is 36.2 Å². The summed E-state index contributed by atoms with van der Waals surface area (Å²) < 4.78 is 0. The zero-order chi connectivity index (χ0) is 11.4. The highest BCUT2D eigenvalue weighted by atomic mass is 16.3. The molecular formula is C10H22N2O2. The van der Waals surface area contributed by atoms with Crippen LogP contribution in [-0.2, 0) is 4.79 Å². The number of amides is 1. The van der Waals surface area contributed by atoms with Crippen LogP contribution in [0, 0.1) is 5.92 Å². The maximum absolute atomic E-state index is 11.7. The van der Waals surface area contributed by atoms with Gasteiger partial charge in [0.2, 0.25) is 5.91 Å². The number of carbonyl (C=O) groups is 1. The van der Waals surface area contributed by atoms with Crippen molar-refractivity contribution < 1.29 is 9.90 Å². The molecule has 0 spiro atoms. The maximum Gasteiger partial charge on any atom is 0.239 e. The van der Waals surface area contributed by atoms with E-state index >= 15 is 0 Å². The molecule has 0 aliphatic heterocycles. The molecule has 2 atom stereocenters. The number of rotatable bonds is 5. The molecule has 4 heteroatoms. The van der Waals surface area contributed by atoms with Gasteiger partial charge in [-0.3, -0.25) is 4.79 Å². The van der Waals surface area contributed by atoms with Crippen LogP contribution in [0.5, 0.6) is 0 Å². The Morgan fingerprint density at radius 3 is 2.29 bits per heavy atom. The van der Waals surface area contributed by atoms with Crippen molar-refractivity contribution in [2.24, 2.45) is 5.92 Å². The van der Waals surface area contributed by atoms with E-state index in [0.717, 1.165) is 0 Å². The Bertz CT molecular complexity index is 193. The van der Waals surface area contributed by atoms with E-state index in [1.807, 2.05) is 27.7 Å². The number of nitrogens with one attached hydrogen (secondary N) is 2. The van der Waals surface area contributed by atoms with Gasteiger partial charge in [0.25, 0.3) is 0 Å². The highest BCUT2D eigenvalue weighted by Gasteiger charge is 2.27. The zero-order valence-electron chi connectivity index (χ0n) is 9.72. The molecule has 0 saturated heterocycles. The molecule has 0 radical (unpaired) electrons. The maximum atomic E-state index is 11.7. The van der Waals surface area contributed by atoms with Crippen LogP contribution in [0.2, 0.25) is 0 Å². The SMILES string of the molecule is CNC(C)(C)C(=O)NC(C)C(C)CO. The van der Waals surface area contributed by atoms with E-state index in [1.165, 1.54) is 0 Å². The predicted octanol–water partition coefficient (Wildman–Crippen LogP) is 0.118. The van der Waals surface area contributed by atoms with Gasteiger partial charge in [-0.25, -0.2) is 0 Å². The fourth-order valence-corrected chi connectivity index (χ4v) is 0.801. The van der Waals surface area contributed by atoms with Gasteiger partial charge in [0.15, 0.2) is 0 Å². The van der Waals surface area contributed by atoms with E-state index in [2.05, 4.69) is 10.6 Å². The van der Waals surface area contributed by atoms with Crippen LogP contribution in [0.3, 0.4) is 0 Å². The highest BCUT2D eigenvalue weighted by Crippen LogP contribution is 2.05. The van der Waals surface area contributed by atoms with Gasteiger partial charge in [-0.2, -0.15) is 0 Å². The fourth-order valence-electron chi connectivity index (χ4n) is 0.801. The molecule has 14 heavy (non-hydrogen) atoms. The minimum atomic E-state index is -0.566. The van der Waals surface area contributed by atoms with Crippen molar-refractivity contribution in [1.82, 2.24) is 10.6 Å². The normalized spacial score (nSPS) is 16.1. The second-order valence-corrected chi connectivity index (χ2v) is 4.30. The summed E-state index contributed by atoms with van der Waals surface area (Å²) in [6.07, 6.45) is 0. The third-order valence-electron chi connectivity index (χ3n) is 2.69. The lowest BCUT2D eigenvalue weighted by Crippen LogP contribution is -2.54. The minimum absolute atomic E-state index is 0.0138. The van der Waals surface area contributed by atoms with E-state index in [4.69, 9.17) is 5.11 Å². The molecule has 0 aromatic carbocycles. The summed E-state index contributed by atoms with van der Waals surface area (Å²) in [5.41, 5.74) is -0.566. The van der Waals surface area contributed by atoms with E-state index in [-0.39, 0.29) is 24.5 Å². The van der Waals surface area contributed by atoms with E-state index in [1.54, 1.807) is 7.05 Å². The molecule has 0 aliphatic carbocycles. The third-order valence-corrected chi connectivity index (χ3v) is 2.69. The molecule has 0 saturated carbocycles. The Balaban J connectivity index is 4.19. The first-order valence-corrected chi connectivity index (χ1v) is 4.96. The van der Waals surface area contributed by atoms with Crippen molar-refractivity contribution in [2.45, 2.75) is 39.3 Å². The van der Waals surface area contributed by atoms with Crippen molar-refractivity contribution in [1.29, 1.82) is 0 Å². The smallest absolute Gasteiger partial charge is 0.239 e. The Hall–Kier alpha value is -0.610. The summed E-state index contributed by atoms with van der Waals surface area (Å²) >= 11 is 0. The average Bonchev–Trinajstić information content (AvgIpc) is 2.16. The number of aliphatic hydroxyl groups is 1. The molecule has 84 valence electrons. The summed E-state index contributed by atoms with van der Waals surface area (Å²) in [5.74, 6) is 0.0272. The Kier molecular flexibility index (Phi) is 5.08. The summed E-state index contributed by atoms with van der Waals surface area (Å²) in [6, 6.07) is -0.0138. The lowest BCUT2D eigenvalue weighted by atomic mass is 10.0. The molecular weight excluding hydrogens is 180 g/mol. The minimum Gasteiger partial charge on any atom is -0.396 e. The van der Waals surface area contributed by atoms with E-state index in [0.29, 0.717) is 0 Å². The van der Waals surface area contributed by atoms with Gasteiger partial charge in [-0.05, 0) is 33.7 Å². The second-order valence-electron chi connectivity index (χ2n) is 4.30. The Labute approximate surface area is 86.1 Å². The van der Waals surface area contributed by atoms with Crippen LogP contribution in [0.15, 0.2) is 0 Å². The molecule has 2 unspecified atom stereocenters. The van der Waals surface area contributed by atoms with Crippen LogP contribution in [0.25, 0.3) is 0 Å². The molecule has 1 amide bonds. The van der Waals surface area contributed by atoms with Gasteiger partial charge in [-0.1, -0.05) is 6.92 Å². The van der Waals surface area contributed by atoms with Crippen molar-refractivity contribution in [3.8, 4) is 0 Å². The molecule has 0 heterocycles. The quantitative estimate of drug-likeness (QED) is 0.593. The zero-order valence-corrected chi connectivity index (χ0v) is 9.72. The van der Waals surface area contributed by atoms with Crippen molar-refractivity contribution in [3.05, 3.63) is 0 Å². The molecule has 0 fully saturated rings. The van der Waals surface area contributed by atoms with Gasteiger partial charge in [0.05, 0.1) is 5.54 Å². The van der Waals surface area contributed by atoms with Crippen LogP contribution >= 0.6 is 0 Å². The van der Waals surface area contributed by atoms with Crippen molar-refractivity contribution in [2.75, 3.05) is 13.7 Å². The number of hydrogen-bond acceptors (Lipinski definition) is 3. The predicted molar refractivity (Wildman–Crippen MR) is 57.0 cm³/mol. The topological polar surface area (TPSA) is 61.4 Å². The van der Waals surface area contributed by atoms with Crippen molar-refractivity contribution >= 4 is 5.91 Å². The van der Waals surface area contributed by atoms with Gasteiger partial charge >= 0.3 is 0 Å². The fraction of sp³-hybridized carbons (Fsp3) is 0.900. The molecule has 3 N–H and O–H groups in total. The number of likely N-dealkylation sites (N-methyl/N-ethyl adjacent to an activating group) is 1. The standard InChI is InChI=1S/C10H22N2O2/c1-7(6-13)8(2)12-9(14)10(3,4)11-5/h7-8,11,13H,6H2,1-5H3,(H,12,14). The lowest BCUT2D eigenvalue weighted by Gasteiger charge is -2.27. The van der Waals surface area contributed by atoms with Gasteiger partial charge in [0.1, 0.15) is 0 Å².